The summed E-state index contributed by atoms with van der Waals surface area (Å²) >= 11 is 0. The van der Waals surface area contributed by atoms with Gasteiger partial charge in [-0.2, -0.15) is 0 Å². The van der Waals surface area contributed by atoms with Gasteiger partial charge in [-0.25, -0.2) is 0 Å². The fraction of sp³-hybridized carbons (Fsp3) is 0. The van der Waals surface area contributed by atoms with E-state index in [1.807, 2.05) is 0 Å². The van der Waals surface area contributed by atoms with Gasteiger partial charge in [0.15, 0.2) is 0 Å². The van der Waals surface area contributed by atoms with Crippen LogP contribution in [0.1, 0.15) is 0 Å². The Labute approximate surface area is 131 Å². The molecule has 0 saturated carbocycles. The Bertz CT molecular complexity index is 8.04. The quantitative estimate of drug-likeness (QED) is 0.353. The molecule has 0 N–H and O–H groups in total. The summed E-state index contributed by atoms with van der Waals surface area (Å²) in [5, 5.41) is 0. The van der Waals surface area contributed by atoms with E-state index in [4.69, 9.17) is 0 Å². The third-order valence-electron chi connectivity index (χ3n) is 0. The maximum Gasteiger partial charge on any atom is 4.00 e. The Kier molecular flexibility index (Phi) is 551. The zero-order chi connectivity index (χ0) is 0. The van der Waals surface area contributed by atoms with Crippen molar-refractivity contribution in [3.05, 3.63) is 0 Å². The molecule has 0 aliphatic heterocycles. The Morgan fingerprint density at radius 1 is 0.429 bits per heavy atom. The van der Waals surface area contributed by atoms with Crippen LogP contribution in [-0.4, -0.2) is 0 Å². The number of hydrogen-bond donors (Lipinski definition) is 0. The van der Waals surface area contributed by atoms with Gasteiger partial charge in [0.05, 0.1) is 0 Å². The van der Waals surface area contributed by atoms with Gasteiger partial charge in [-0.05, 0) is 0 Å². The number of hydrogen-bond acceptors (Lipinski definition) is 0. The first-order chi connectivity index (χ1) is 0. The SMILES string of the molecule is [Cl-].[Cl-].[Cl-].[Cl-].[Cl-].[K+].[Re+4]. The maximum absolute atomic E-state index is 0. The fourth-order valence-electron chi connectivity index (χ4n) is 0. The first kappa shape index (κ1) is 72.7. The molecular weight excluding hydrogens is 403 g/mol. The van der Waals surface area contributed by atoms with Crippen LogP contribution < -0.4 is 113 Å². The largest absolute Gasteiger partial charge is 4.00 e. The van der Waals surface area contributed by atoms with Crippen LogP contribution in [-0.2, 0) is 20.4 Å². The minimum Gasteiger partial charge on any atom is -1.00 e. The van der Waals surface area contributed by atoms with Crippen LogP contribution in [0.5, 0.6) is 0 Å². The normalized spacial score (nSPS) is 0. The van der Waals surface area contributed by atoms with Gasteiger partial charge >= 0.3 is 71.8 Å². The molecule has 0 aromatic heterocycles. The van der Waals surface area contributed by atoms with E-state index in [1.54, 1.807) is 0 Å². The van der Waals surface area contributed by atoms with Gasteiger partial charge in [0.1, 0.15) is 0 Å². The summed E-state index contributed by atoms with van der Waals surface area (Å²) in [6, 6.07) is 0. The summed E-state index contributed by atoms with van der Waals surface area (Å²) in [4.78, 5) is 0. The standard InChI is InChI=1S/5ClH.K.Re/h5*1H;;/q;;;;;+1;+4/p-5. The van der Waals surface area contributed by atoms with Gasteiger partial charge in [0, 0.05) is 0 Å². The van der Waals surface area contributed by atoms with Crippen molar-refractivity contribution in [3.8, 4) is 0 Å². The zero-order valence-electron chi connectivity index (χ0n) is 3.27. The van der Waals surface area contributed by atoms with Crippen molar-refractivity contribution >= 4 is 0 Å². The molecule has 0 saturated heterocycles. The molecule has 0 nitrogen and oxygen atoms in total. The molecule has 0 aromatic carbocycles. The van der Waals surface area contributed by atoms with Crippen molar-refractivity contribution in [2.75, 3.05) is 0 Å². The third-order valence-corrected chi connectivity index (χ3v) is 0. The number of halogens is 5. The molecule has 0 spiro atoms. The zero-order valence-corrected chi connectivity index (χ0v) is 12.9. The Morgan fingerprint density at radius 3 is 0.429 bits per heavy atom. The predicted molar refractivity (Wildman–Crippen MR) is 0 cm³/mol. The van der Waals surface area contributed by atoms with Gasteiger partial charge in [-0.3, -0.25) is 0 Å². The molecule has 0 unspecified atom stereocenters. The molecule has 7 heteroatoms. The van der Waals surface area contributed by atoms with Gasteiger partial charge in [-0.15, -0.1) is 0 Å². The summed E-state index contributed by atoms with van der Waals surface area (Å²) in [5.41, 5.74) is 0. The fourth-order valence-corrected chi connectivity index (χ4v) is 0. The first-order valence-corrected chi connectivity index (χ1v) is 0. The molecule has 0 aliphatic rings. The van der Waals surface area contributed by atoms with E-state index >= 15 is 0 Å². The van der Waals surface area contributed by atoms with Gasteiger partial charge < -0.3 is 62.0 Å². The molecule has 0 atom stereocenters. The predicted octanol–water partition coefficient (Wildman–Crippen LogP) is -18.0. The van der Waals surface area contributed by atoms with Crippen LogP contribution >= 0.6 is 0 Å². The van der Waals surface area contributed by atoms with Crippen LogP contribution in [0.2, 0.25) is 0 Å². The molecule has 7 heavy (non-hydrogen) atoms. The van der Waals surface area contributed by atoms with Crippen molar-refractivity contribution in [3.63, 3.8) is 0 Å². The van der Waals surface area contributed by atoms with Crippen LogP contribution in [0.15, 0.2) is 0 Å². The van der Waals surface area contributed by atoms with Gasteiger partial charge in [0.25, 0.3) is 0 Å². The van der Waals surface area contributed by atoms with E-state index in [1.165, 1.54) is 0 Å². The third kappa shape index (κ3) is 41.7. The molecular formula is Cl5KRe. The summed E-state index contributed by atoms with van der Waals surface area (Å²) in [5.74, 6) is 0. The van der Waals surface area contributed by atoms with Crippen molar-refractivity contribution in [2.45, 2.75) is 0 Å². The first-order valence-electron chi connectivity index (χ1n) is 0. The molecule has 0 aliphatic carbocycles. The van der Waals surface area contributed by atoms with Crippen molar-refractivity contribution in [2.24, 2.45) is 0 Å². The van der Waals surface area contributed by atoms with Gasteiger partial charge in [-0.1, -0.05) is 0 Å². The second kappa shape index (κ2) is 53.1. The summed E-state index contributed by atoms with van der Waals surface area (Å²) < 4.78 is 0. The minimum absolute atomic E-state index is 0. The average Bonchev–Trinajstić information content (AvgIpc) is 0. The van der Waals surface area contributed by atoms with E-state index in [-0.39, 0.29) is 134 Å². The molecule has 0 amide bonds. The summed E-state index contributed by atoms with van der Waals surface area (Å²) in [7, 11) is 0. The maximum atomic E-state index is 0. The van der Waals surface area contributed by atoms with E-state index in [0.717, 1.165) is 0 Å². The molecule has 43 valence electrons. The van der Waals surface area contributed by atoms with Crippen LogP contribution in [0.4, 0.5) is 0 Å². The molecule has 0 heterocycles. The van der Waals surface area contributed by atoms with Crippen LogP contribution in [0.3, 0.4) is 0 Å². The van der Waals surface area contributed by atoms with E-state index in [9.17, 15) is 0 Å². The Morgan fingerprint density at radius 2 is 0.429 bits per heavy atom. The van der Waals surface area contributed by atoms with Crippen LogP contribution in [0.25, 0.3) is 0 Å². The van der Waals surface area contributed by atoms with Crippen molar-refractivity contribution in [1.82, 2.24) is 0 Å². The Balaban J connectivity index is 0. The molecule has 0 fully saturated rings. The molecule has 0 aromatic rings. The van der Waals surface area contributed by atoms with Crippen LogP contribution in [0, 0.1) is 0 Å². The second-order valence-corrected chi connectivity index (χ2v) is 0. The van der Waals surface area contributed by atoms with Crippen molar-refractivity contribution in [1.29, 1.82) is 0 Å². The average molecular weight is 403 g/mol. The van der Waals surface area contributed by atoms with Gasteiger partial charge in [0.2, 0.25) is 0 Å². The molecule has 1 radical (unpaired) electrons. The smallest absolute Gasteiger partial charge is 1.00 e. The molecule has 0 bridgehead atoms. The van der Waals surface area contributed by atoms with Crippen molar-refractivity contribution < 1.29 is 134 Å². The number of rotatable bonds is 0. The topological polar surface area (TPSA) is 0 Å². The monoisotopic (exact) mass is 401 g/mol. The summed E-state index contributed by atoms with van der Waals surface area (Å²) in [6.45, 7) is 0. The van der Waals surface area contributed by atoms with E-state index in [0.29, 0.717) is 0 Å². The van der Waals surface area contributed by atoms with E-state index in [2.05, 4.69) is 0 Å². The minimum atomic E-state index is 0. The Hall–Kier alpha value is 3.75. The second-order valence-electron chi connectivity index (χ2n) is 0. The summed E-state index contributed by atoms with van der Waals surface area (Å²) in [6.07, 6.45) is 0. The van der Waals surface area contributed by atoms with E-state index < -0.39 is 0 Å². The molecule has 0 rings (SSSR count).